The highest BCUT2D eigenvalue weighted by Crippen LogP contribution is 2.07. The Hall–Kier alpha value is -0.600. The summed E-state index contributed by atoms with van der Waals surface area (Å²) in [6.07, 6.45) is 1.68. The lowest BCUT2D eigenvalue weighted by Gasteiger charge is -2.12. The van der Waals surface area contributed by atoms with E-state index in [1.807, 2.05) is 12.1 Å². The van der Waals surface area contributed by atoms with Gasteiger partial charge < -0.3 is 4.90 Å². The van der Waals surface area contributed by atoms with Gasteiger partial charge in [0, 0.05) is 12.7 Å². The predicted molar refractivity (Wildman–Crippen MR) is 51.3 cm³/mol. The molecule has 66 valence electrons. The molecule has 0 atom stereocenters. The minimum absolute atomic E-state index is 0.693. The van der Waals surface area contributed by atoms with E-state index in [1.165, 1.54) is 0 Å². The number of halogens is 1. The van der Waals surface area contributed by atoms with Crippen LogP contribution in [0.5, 0.6) is 0 Å². The standard InChI is InChI=1S/C9H13ClN2/c1-3-12(2)7-9-5-4-8(10)6-11-9/h4-6H,3,7H2,1-2H3. The average molecular weight is 185 g/mol. The lowest BCUT2D eigenvalue weighted by molar-refractivity contribution is 0.341. The first kappa shape index (κ1) is 9.49. The number of nitrogens with zero attached hydrogens (tertiary/aromatic N) is 2. The van der Waals surface area contributed by atoms with Crippen molar-refractivity contribution in [3.05, 3.63) is 29.0 Å². The third-order valence-electron chi connectivity index (χ3n) is 1.76. The van der Waals surface area contributed by atoms with Crippen LogP contribution in [0.15, 0.2) is 18.3 Å². The van der Waals surface area contributed by atoms with Gasteiger partial charge in [0.05, 0.1) is 10.7 Å². The van der Waals surface area contributed by atoms with Gasteiger partial charge in [-0.05, 0) is 25.7 Å². The van der Waals surface area contributed by atoms with E-state index < -0.39 is 0 Å². The molecule has 0 saturated carbocycles. The molecule has 0 aromatic carbocycles. The molecule has 0 aliphatic heterocycles. The highest BCUT2D eigenvalue weighted by atomic mass is 35.5. The van der Waals surface area contributed by atoms with E-state index >= 15 is 0 Å². The van der Waals surface area contributed by atoms with Gasteiger partial charge in [-0.2, -0.15) is 0 Å². The Morgan fingerprint density at radius 3 is 2.75 bits per heavy atom. The van der Waals surface area contributed by atoms with Crippen molar-refractivity contribution in [3.63, 3.8) is 0 Å². The van der Waals surface area contributed by atoms with E-state index in [-0.39, 0.29) is 0 Å². The maximum atomic E-state index is 5.71. The molecule has 12 heavy (non-hydrogen) atoms. The molecule has 0 N–H and O–H groups in total. The van der Waals surface area contributed by atoms with E-state index in [9.17, 15) is 0 Å². The van der Waals surface area contributed by atoms with Gasteiger partial charge in [0.15, 0.2) is 0 Å². The monoisotopic (exact) mass is 184 g/mol. The van der Waals surface area contributed by atoms with Crippen LogP contribution < -0.4 is 0 Å². The Bertz CT molecular complexity index is 233. The number of pyridine rings is 1. The van der Waals surface area contributed by atoms with Crippen molar-refractivity contribution >= 4 is 11.6 Å². The van der Waals surface area contributed by atoms with Crippen molar-refractivity contribution in [2.75, 3.05) is 13.6 Å². The number of rotatable bonds is 3. The Balaban J connectivity index is 2.58. The smallest absolute Gasteiger partial charge is 0.0589 e. The number of hydrogen-bond acceptors (Lipinski definition) is 2. The van der Waals surface area contributed by atoms with Gasteiger partial charge in [-0.25, -0.2) is 0 Å². The highest BCUT2D eigenvalue weighted by molar-refractivity contribution is 6.30. The fraction of sp³-hybridized carbons (Fsp3) is 0.444. The maximum Gasteiger partial charge on any atom is 0.0589 e. The van der Waals surface area contributed by atoms with Gasteiger partial charge in [0.25, 0.3) is 0 Å². The van der Waals surface area contributed by atoms with E-state index in [1.54, 1.807) is 6.20 Å². The van der Waals surface area contributed by atoms with Crippen molar-refractivity contribution in [3.8, 4) is 0 Å². The van der Waals surface area contributed by atoms with Crippen molar-refractivity contribution in [1.82, 2.24) is 9.88 Å². The molecule has 0 aliphatic carbocycles. The second kappa shape index (κ2) is 4.43. The maximum absolute atomic E-state index is 5.71. The summed E-state index contributed by atoms with van der Waals surface area (Å²) < 4.78 is 0. The van der Waals surface area contributed by atoms with Crippen LogP contribution in [0, 0.1) is 0 Å². The lowest BCUT2D eigenvalue weighted by atomic mass is 10.3. The molecule has 0 spiro atoms. The molecule has 0 radical (unpaired) electrons. The molecular weight excluding hydrogens is 172 g/mol. The Morgan fingerprint density at radius 1 is 1.50 bits per heavy atom. The van der Waals surface area contributed by atoms with Crippen LogP contribution in [-0.4, -0.2) is 23.5 Å². The van der Waals surface area contributed by atoms with Crippen LogP contribution in [0.25, 0.3) is 0 Å². The topological polar surface area (TPSA) is 16.1 Å². The predicted octanol–water partition coefficient (Wildman–Crippen LogP) is 2.19. The highest BCUT2D eigenvalue weighted by Gasteiger charge is 1.97. The van der Waals surface area contributed by atoms with Crippen molar-refractivity contribution in [2.45, 2.75) is 13.5 Å². The Kier molecular flexibility index (Phi) is 3.50. The third kappa shape index (κ3) is 2.80. The summed E-state index contributed by atoms with van der Waals surface area (Å²) in [4.78, 5) is 6.38. The van der Waals surface area contributed by atoms with Crippen LogP contribution in [0.3, 0.4) is 0 Å². The van der Waals surface area contributed by atoms with E-state index in [0.717, 1.165) is 18.8 Å². The molecule has 1 heterocycles. The molecule has 3 heteroatoms. The molecule has 0 bridgehead atoms. The summed E-state index contributed by atoms with van der Waals surface area (Å²) in [6.45, 7) is 4.04. The average Bonchev–Trinajstić information content (AvgIpc) is 2.09. The van der Waals surface area contributed by atoms with Crippen molar-refractivity contribution in [2.24, 2.45) is 0 Å². The molecule has 1 aromatic rings. The van der Waals surface area contributed by atoms with Gasteiger partial charge in [-0.1, -0.05) is 18.5 Å². The first-order valence-electron chi connectivity index (χ1n) is 4.01. The zero-order valence-electron chi connectivity index (χ0n) is 7.42. The summed E-state index contributed by atoms with van der Waals surface area (Å²) in [6, 6.07) is 3.82. The van der Waals surface area contributed by atoms with E-state index in [2.05, 4.69) is 23.9 Å². The minimum Gasteiger partial charge on any atom is -0.301 e. The Labute approximate surface area is 78.2 Å². The van der Waals surface area contributed by atoms with Gasteiger partial charge >= 0.3 is 0 Å². The van der Waals surface area contributed by atoms with Crippen molar-refractivity contribution in [1.29, 1.82) is 0 Å². The second-order valence-electron chi connectivity index (χ2n) is 2.80. The van der Waals surface area contributed by atoms with E-state index in [4.69, 9.17) is 11.6 Å². The summed E-state index contributed by atoms with van der Waals surface area (Å²) in [5.41, 5.74) is 1.06. The Morgan fingerprint density at radius 2 is 2.25 bits per heavy atom. The van der Waals surface area contributed by atoms with Gasteiger partial charge in [-0.15, -0.1) is 0 Å². The van der Waals surface area contributed by atoms with Gasteiger partial charge in [0.2, 0.25) is 0 Å². The summed E-state index contributed by atoms with van der Waals surface area (Å²) in [5.74, 6) is 0. The molecular formula is C9H13ClN2. The first-order valence-corrected chi connectivity index (χ1v) is 4.39. The second-order valence-corrected chi connectivity index (χ2v) is 3.23. The normalized spacial score (nSPS) is 10.7. The molecule has 0 unspecified atom stereocenters. The molecule has 1 aromatic heterocycles. The SMILES string of the molecule is CCN(C)Cc1ccc(Cl)cn1. The molecule has 1 rings (SSSR count). The lowest BCUT2D eigenvalue weighted by Crippen LogP contribution is -2.17. The molecule has 0 aliphatic rings. The van der Waals surface area contributed by atoms with Crippen LogP contribution in [0.2, 0.25) is 5.02 Å². The quantitative estimate of drug-likeness (QED) is 0.716. The van der Waals surface area contributed by atoms with Gasteiger partial charge in [-0.3, -0.25) is 4.98 Å². The van der Waals surface area contributed by atoms with E-state index in [0.29, 0.717) is 5.02 Å². The number of hydrogen-bond donors (Lipinski definition) is 0. The molecule has 0 fully saturated rings. The number of aromatic nitrogens is 1. The molecule has 0 amide bonds. The minimum atomic E-state index is 0.693. The van der Waals surface area contributed by atoms with Crippen molar-refractivity contribution < 1.29 is 0 Å². The zero-order valence-corrected chi connectivity index (χ0v) is 8.17. The van der Waals surface area contributed by atoms with Crippen LogP contribution >= 0.6 is 11.6 Å². The van der Waals surface area contributed by atoms with Crippen LogP contribution in [-0.2, 0) is 6.54 Å². The third-order valence-corrected chi connectivity index (χ3v) is 1.98. The van der Waals surface area contributed by atoms with Gasteiger partial charge in [0.1, 0.15) is 0 Å². The molecule has 2 nitrogen and oxygen atoms in total. The van der Waals surface area contributed by atoms with Crippen LogP contribution in [0.1, 0.15) is 12.6 Å². The summed E-state index contributed by atoms with van der Waals surface area (Å²) in [7, 11) is 2.07. The van der Waals surface area contributed by atoms with Crippen LogP contribution in [0.4, 0.5) is 0 Å². The summed E-state index contributed by atoms with van der Waals surface area (Å²) in [5, 5.41) is 0.693. The fourth-order valence-corrected chi connectivity index (χ4v) is 1.00. The fourth-order valence-electron chi connectivity index (χ4n) is 0.888. The first-order chi connectivity index (χ1) is 5.72. The molecule has 0 saturated heterocycles. The summed E-state index contributed by atoms with van der Waals surface area (Å²) >= 11 is 5.71. The zero-order chi connectivity index (χ0) is 8.97. The largest absolute Gasteiger partial charge is 0.301 e.